The van der Waals surface area contributed by atoms with Gasteiger partial charge in [0.15, 0.2) is 0 Å². The molecule has 1 rings (SSSR count). The first-order valence-electron chi connectivity index (χ1n) is 5.98. The molecule has 0 radical (unpaired) electrons. The first-order valence-corrected chi connectivity index (χ1v) is 5.98. The maximum absolute atomic E-state index is 10.6. The van der Waals surface area contributed by atoms with E-state index in [-0.39, 0.29) is 0 Å². The van der Waals surface area contributed by atoms with Gasteiger partial charge < -0.3 is 4.90 Å². The van der Waals surface area contributed by atoms with Crippen molar-refractivity contribution >= 4 is 5.69 Å². The van der Waals surface area contributed by atoms with Crippen LogP contribution in [-0.2, 0) is 0 Å². The average molecular weight is 234 g/mol. The SMILES string of the molecule is Cc1ccc(N(C)CCC(C)(C)N=O)c(C)c1. The number of hydrogen-bond acceptors (Lipinski definition) is 3. The van der Waals surface area contributed by atoms with E-state index in [1.807, 2.05) is 13.8 Å². The minimum Gasteiger partial charge on any atom is -0.374 e. The smallest absolute Gasteiger partial charge is 0.0987 e. The molecule has 3 heteroatoms. The van der Waals surface area contributed by atoms with Gasteiger partial charge in [-0.1, -0.05) is 22.9 Å². The van der Waals surface area contributed by atoms with E-state index in [9.17, 15) is 4.91 Å². The Kier molecular flexibility index (Phi) is 4.27. The number of aryl methyl sites for hydroxylation is 2. The van der Waals surface area contributed by atoms with Gasteiger partial charge >= 0.3 is 0 Å². The number of anilines is 1. The van der Waals surface area contributed by atoms with E-state index in [2.05, 4.69) is 49.2 Å². The third kappa shape index (κ3) is 3.84. The van der Waals surface area contributed by atoms with Gasteiger partial charge in [0.25, 0.3) is 0 Å². The Hall–Kier alpha value is -1.38. The highest BCUT2D eigenvalue weighted by Gasteiger charge is 2.19. The zero-order chi connectivity index (χ0) is 13.1. The Balaban J connectivity index is 2.70. The lowest BCUT2D eigenvalue weighted by Gasteiger charge is -2.25. The average Bonchev–Trinajstić information content (AvgIpc) is 2.26. The fourth-order valence-electron chi connectivity index (χ4n) is 1.84. The molecule has 0 spiro atoms. The summed E-state index contributed by atoms with van der Waals surface area (Å²) in [5, 5.41) is 3.15. The molecule has 0 fully saturated rings. The molecule has 0 atom stereocenters. The first kappa shape index (κ1) is 13.7. The topological polar surface area (TPSA) is 32.7 Å². The van der Waals surface area contributed by atoms with Crippen LogP contribution < -0.4 is 4.90 Å². The van der Waals surface area contributed by atoms with Gasteiger partial charge in [-0.05, 0) is 45.7 Å². The molecule has 0 saturated heterocycles. The molecule has 0 bridgehead atoms. The molecule has 0 aromatic heterocycles. The molecule has 0 saturated carbocycles. The summed E-state index contributed by atoms with van der Waals surface area (Å²) >= 11 is 0. The monoisotopic (exact) mass is 234 g/mol. The maximum Gasteiger partial charge on any atom is 0.0987 e. The van der Waals surface area contributed by atoms with Crippen molar-refractivity contribution in [2.75, 3.05) is 18.5 Å². The van der Waals surface area contributed by atoms with Gasteiger partial charge in [0, 0.05) is 19.3 Å². The molecule has 0 amide bonds. The summed E-state index contributed by atoms with van der Waals surface area (Å²) < 4.78 is 0. The van der Waals surface area contributed by atoms with Gasteiger partial charge in [-0.25, -0.2) is 0 Å². The van der Waals surface area contributed by atoms with Crippen LogP contribution in [0.2, 0.25) is 0 Å². The molecule has 0 unspecified atom stereocenters. The van der Waals surface area contributed by atoms with Crippen molar-refractivity contribution in [1.29, 1.82) is 0 Å². The summed E-state index contributed by atoms with van der Waals surface area (Å²) in [4.78, 5) is 12.8. The molecule has 94 valence electrons. The van der Waals surface area contributed by atoms with Gasteiger partial charge in [0.05, 0.1) is 5.54 Å². The maximum atomic E-state index is 10.6. The van der Waals surface area contributed by atoms with Crippen LogP contribution in [0.4, 0.5) is 5.69 Å². The molecular formula is C14H22N2O. The van der Waals surface area contributed by atoms with Crippen LogP contribution in [0.25, 0.3) is 0 Å². The van der Waals surface area contributed by atoms with E-state index in [1.54, 1.807) is 0 Å². The summed E-state index contributed by atoms with van der Waals surface area (Å²) in [6.07, 6.45) is 0.764. The van der Waals surface area contributed by atoms with Crippen molar-refractivity contribution in [1.82, 2.24) is 0 Å². The summed E-state index contributed by atoms with van der Waals surface area (Å²) in [6.45, 7) is 8.78. The Bertz CT molecular complexity index is 399. The third-order valence-electron chi connectivity index (χ3n) is 3.07. The van der Waals surface area contributed by atoms with Crippen LogP contribution in [0.1, 0.15) is 31.4 Å². The zero-order valence-electron chi connectivity index (χ0n) is 11.4. The van der Waals surface area contributed by atoms with Crippen LogP contribution in [0.5, 0.6) is 0 Å². The highest BCUT2D eigenvalue weighted by Crippen LogP contribution is 2.22. The number of rotatable bonds is 5. The second-order valence-corrected chi connectivity index (χ2v) is 5.37. The molecule has 17 heavy (non-hydrogen) atoms. The summed E-state index contributed by atoms with van der Waals surface area (Å²) in [7, 11) is 2.05. The predicted molar refractivity (Wildman–Crippen MR) is 73.7 cm³/mol. The summed E-state index contributed by atoms with van der Waals surface area (Å²) in [6, 6.07) is 6.42. The van der Waals surface area contributed by atoms with Gasteiger partial charge in [0.1, 0.15) is 0 Å². The highest BCUT2D eigenvalue weighted by molar-refractivity contribution is 5.53. The van der Waals surface area contributed by atoms with Crippen molar-refractivity contribution in [2.24, 2.45) is 5.18 Å². The molecule has 1 aromatic carbocycles. The van der Waals surface area contributed by atoms with Crippen LogP contribution in [0, 0.1) is 18.8 Å². The number of benzene rings is 1. The minimum atomic E-state index is -0.479. The molecule has 0 N–H and O–H groups in total. The van der Waals surface area contributed by atoms with Crippen molar-refractivity contribution in [2.45, 2.75) is 39.7 Å². The van der Waals surface area contributed by atoms with Crippen molar-refractivity contribution in [3.8, 4) is 0 Å². The molecule has 0 aliphatic heterocycles. The van der Waals surface area contributed by atoms with E-state index in [4.69, 9.17) is 0 Å². The molecule has 3 nitrogen and oxygen atoms in total. The first-order chi connectivity index (χ1) is 7.85. The van der Waals surface area contributed by atoms with E-state index < -0.39 is 5.54 Å². The standard InChI is InChI=1S/C14H22N2O/c1-11-6-7-13(12(2)10-11)16(5)9-8-14(3,4)15-17/h6-7,10H,8-9H2,1-5H3. The Labute approximate surface area is 104 Å². The second-order valence-electron chi connectivity index (χ2n) is 5.37. The van der Waals surface area contributed by atoms with Gasteiger partial charge in [-0.15, -0.1) is 0 Å². The second kappa shape index (κ2) is 5.30. The fourth-order valence-corrected chi connectivity index (χ4v) is 1.84. The normalized spacial score (nSPS) is 11.4. The lowest BCUT2D eigenvalue weighted by molar-refractivity contribution is 0.478. The number of nitrogens with zero attached hydrogens (tertiary/aromatic N) is 2. The van der Waals surface area contributed by atoms with Crippen molar-refractivity contribution in [3.05, 3.63) is 34.2 Å². The Morgan fingerprint density at radius 3 is 2.47 bits per heavy atom. The minimum absolute atomic E-state index is 0.479. The fraction of sp³-hybridized carbons (Fsp3) is 0.571. The molecule has 1 aromatic rings. The van der Waals surface area contributed by atoms with Gasteiger partial charge in [-0.2, -0.15) is 4.91 Å². The van der Waals surface area contributed by atoms with Gasteiger partial charge in [-0.3, -0.25) is 0 Å². The third-order valence-corrected chi connectivity index (χ3v) is 3.07. The molecule has 0 heterocycles. The molecule has 0 aliphatic carbocycles. The zero-order valence-corrected chi connectivity index (χ0v) is 11.4. The highest BCUT2D eigenvalue weighted by atomic mass is 16.3. The number of nitroso groups, excluding NO2 is 1. The van der Waals surface area contributed by atoms with E-state index in [1.165, 1.54) is 16.8 Å². The van der Waals surface area contributed by atoms with Crippen LogP contribution in [-0.4, -0.2) is 19.1 Å². The Morgan fingerprint density at radius 2 is 1.94 bits per heavy atom. The Morgan fingerprint density at radius 1 is 1.29 bits per heavy atom. The lowest BCUT2D eigenvalue weighted by atomic mass is 10.0. The van der Waals surface area contributed by atoms with Crippen molar-refractivity contribution in [3.63, 3.8) is 0 Å². The molecule has 0 aliphatic rings. The van der Waals surface area contributed by atoms with Crippen LogP contribution in [0.15, 0.2) is 23.4 Å². The lowest BCUT2D eigenvalue weighted by Crippen LogP contribution is -2.27. The summed E-state index contributed by atoms with van der Waals surface area (Å²) in [5.41, 5.74) is 3.28. The van der Waals surface area contributed by atoms with Crippen LogP contribution in [0.3, 0.4) is 0 Å². The van der Waals surface area contributed by atoms with E-state index in [0.717, 1.165) is 13.0 Å². The number of hydrogen-bond donors (Lipinski definition) is 0. The van der Waals surface area contributed by atoms with Crippen LogP contribution >= 0.6 is 0 Å². The largest absolute Gasteiger partial charge is 0.374 e. The van der Waals surface area contributed by atoms with Crippen molar-refractivity contribution < 1.29 is 0 Å². The molecular weight excluding hydrogens is 212 g/mol. The quantitative estimate of drug-likeness (QED) is 0.728. The van der Waals surface area contributed by atoms with E-state index in [0.29, 0.717) is 0 Å². The summed E-state index contributed by atoms with van der Waals surface area (Å²) in [5.74, 6) is 0. The van der Waals surface area contributed by atoms with Gasteiger partial charge in [0.2, 0.25) is 0 Å². The predicted octanol–water partition coefficient (Wildman–Crippen LogP) is 3.67. The van der Waals surface area contributed by atoms with E-state index >= 15 is 0 Å².